The number of amides is 1. The van der Waals surface area contributed by atoms with Gasteiger partial charge in [0.25, 0.3) is 5.91 Å². The fraction of sp³-hybridized carbons (Fsp3) is 0.308. The lowest BCUT2D eigenvalue weighted by molar-refractivity contribution is -0.114. The fourth-order valence-corrected chi connectivity index (χ4v) is 4.54. The van der Waals surface area contributed by atoms with Crippen LogP contribution in [0.1, 0.15) is 30.9 Å². The first-order valence-electron chi connectivity index (χ1n) is 10.8. The largest absolute Gasteiger partial charge is 0.371 e. The zero-order chi connectivity index (χ0) is 22.0. The summed E-state index contributed by atoms with van der Waals surface area (Å²) in [6.07, 6.45) is 6.40. The van der Waals surface area contributed by atoms with Gasteiger partial charge in [0.15, 0.2) is 0 Å². The molecule has 166 valence electrons. The lowest BCUT2D eigenvalue weighted by Gasteiger charge is -2.39. The van der Waals surface area contributed by atoms with Crippen molar-refractivity contribution in [3.8, 4) is 0 Å². The normalized spacial score (nSPS) is 15.6. The molecule has 2 aromatic rings. The van der Waals surface area contributed by atoms with Gasteiger partial charge in [0.2, 0.25) is 0 Å². The van der Waals surface area contributed by atoms with Crippen LogP contribution in [-0.2, 0) is 16.0 Å². The van der Waals surface area contributed by atoms with E-state index in [4.69, 9.17) is 0 Å². The second-order valence-corrected chi connectivity index (χ2v) is 8.07. The second-order valence-electron chi connectivity index (χ2n) is 8.07. The molecule has 2 aliphatic heterocycles. The van der Waals surface area contributed by atoms with Gasteiger partial charge in [-0.2, -0.15) is 0 Å². The maximum absolute atomic E-state index is 12.0. The Morgan fingerprint density at radius 1 is 1.25 bits per heavy atom. The van der Waals surface area contributed by atoms with Crippen molar-refractivity contribution in [2.45, 2.75) is 32.2 Å². The third-order valence-corrected chi connectivity index (χ3v) is 6.35. The summed E-state index contributed by atoms with van der Waals surface area (Å²) >= 11 is 0. The van der Waals surface area contributed by atoms with Crippen LogP contribution in [0.3, 0.4) is 0 Å². The van der Waals surface area contributed by atoms with E-state index >= 15 is 0 Å². The van der Waals surface area contributed by atoms with Crippen LogP contribution in [0, 0.1) is 0 Å². The van der Waals surface area contributed by atoms with E-state index in [0.717, 1.165) is 54.4 Å². The van der Waals surface area contributed by atoms with Crippen molar-refractivity contribution >= 4 is 47.8 Å². The molecule has 0 spiro atoms. The molecule has 0 N–H and O–H groups in total. The van der Waals surface area contributed by atoms with Gasteiger partial charge in [-0.3, -0.25) is 4.79 Å². The molecule has 2 heterocycles. The summed E-state index contributed by atoms with van der Waals surface area (Å²) < 4.78 is 0. The second kappa shape index (κ2) is 9.99. The molecule has 2 aliphatic rings. The van der Waals surface area contributed by atoms with Crippen LogP contribution in [0.25, 0.3) is 12.2 Å². The standard InChI is InChI=1S/C26H27N3O2.ClH/c1-4-18-8-6-7-9-24(18)28(3)22-10-12-29(13-11-22)23-15-19(5-2)25-20(16-23)14-21(17-30)26(31)27-25;/h4,6-9,14-16,22H,1,5,10-13H2,2-3H3;1H. The molecular formula is C26H28ClN3O2. The molecule has 0 atom stereocenters. The van der Waals surface area contributed by atoms with Gasteiger partial charge in [-0.25, -0.2) is 9.79 Å². The lowest BCUT2D eigenvalue weighted by Crippen LogP contribution is -2.44. The van der Waals surface area contributed by atoms with E-state index in [0.29, 0.717) is 11.4 Å². The van der Waals surface area contributed by atoms with Crippen molar-refractivity contribution in [3.05, 3.63) is 70.3 Å². The average Bonchev–Trinajstić information content (AvgIpc) is 2.82. The number of hydrogen-bond donors (Lipinski definition) is 0. The number of fused-ring (bicyclic) bond motifs is 1. The number of halogens is 1. The van der Waals surface area contributed by atoms with Crippen molar-refractivity contribution in [1.82, 2.24) is 0 Å². The van der Waals surface area contributed by atoms with Gasteiger partial charge < -0.3 is 9.80 Å². The molecule has 0 aliphatic carbocycles. The maximum Gasteiger partial charge on any atom is 0.288 e. The highest BCUT2D eigenvalue weighted by atomic mass is 35.5. The van der Waals surface area contributed by atoms with Gasteiger partial charge in [0, 0.05) is 42.8 Å². The van der Waals surface area contributed by atoms with Crippen molar-refractivity contribution in [3.63, 3.8) is 0 Å². The van der Waals surface area contributed by atoms with E-state index in [1.54, 1.807) is 12.0 Å². The molecule has 5 nitrogen and oxygen atoms in total. The SMILES string of the molecule is C=Cc1ccccc1N(C)C1CCN(c2cc(CC)c3c(c2)=CC(=C=O)C(=O)N=3)CC1.Cl. The van der Waals surface area contributed by atoms with Crippen LogP contribution < -0.4 is 20.4 Å². The zero-order valence-electron chi connectivity index (χ0n) is 18.5. The van der Waals surface area contributed by atoms with Crippen molar-refractivity contribution < 1.29 is 9.59 Å². The highest BCUT2D eigenvalue weighted by Gasteiger charge is 2.24. The fourth-order valence-electron chi connectivity index (χ4n) is 4.54. The number of carbonyl (C=O) groups is 1. The van der Waals surface area contributed by atoms with Gasteiger partial charge in [-0.05, 0) is 54.7 Å². The number of nitrogens with zero attached hydrogens (tertiary/aromatic N) is 3. The predicted molar refractivity (Wildman–Crippen MR) is 133 cm³/mol. The number of rotatable bonds is 5. The molecule has 2 aromatic carbocycles. The smallest absolute Gasteiger partial charge is 0.288 e. The molecule has 4 rings (SSSR count). The van der Waals surface area contributed by atoms with E-state index in [1.807, 2.05) is 18.2 Å². The van der Waals surface area contributed by atoms with Crippen molar-refractivity contribution in [2.75, 3.05) is 29.9 Å². The minimum atomic E-state index is -0.506. The zero-order valence-corrected chi connectivity index (χ0v) is 19.3. The van der Waals surface area contributed by atoms with Crippen LogP contribution >= 0.6 is 12.4 Å². The number of benzene rings is 2. The number of hydrogen-bond acceptors (Lipinski definition) is 4. The summed E-state index contributed by atoms with van der Waals surface area (Å²) in [5.74, 6) is 1.21. The Balaban J connectivity index is 0.00000289. The van der Waals surface area contributed by atoms with E-state index in [9.17, 15) is 9.59 Å². The molecule has 6 heteroatoms. The Morgan fingerprint density at radius 3 is 2.62 bits per heavy atom. The molecular weight excluding hydrogens is 422 g/mol. The molecule has 0 aromatic heterocycles. The average molecular weight is 450 g/mol. The van der Waals surface area contributed by atoms with E-state index in [-0.39, 0.29) is 18.0 Å². The third-order valence-electron chi connectivity index (χ3n) is 6.35. The topological polar surface area (TPSA) is 53.0 Å². The highest BCUT2D eigenvalue weighted by molar-refractivity contribution is 6.09. The molecule has 0 radical (unpaired) electrons. The quantitative estimate of drug-likeness (QED) is 0.520. The minimum absolute atomic E-state index is 0. The molecule has 1 saturated heterocycles. The minimum Gasteiger partial charge on any atom is -0.371 e. The number of piperidine rings is 1. The summed E-state index contributed by atoms with van der Waals surface area (Å²) in [6.45, 7) is 7.89. The maximum atomic E-state index is 12.0. The Labute approximate surface area is 194 Å². The van der Waals surface area contributed by atoms with E-state index < -0.39 is 5.91 Å². The summed E-state index contributed by atoms with van der Waals surface area (Å²) in [5.41, 5.74) is 4.51. The van der Waals surface area contributed by atoms with Gasteiger partial charge >= 0.3 is 0 Å². The van der Waals surface area contributed by atoms with Crippen LogP contribution in [0.5, 0.6) is 0 Å². The van der Waals surface area contributed by atoms with Crippen LogP contribution in [0.4, 0.5) is 11.4 Å². The lowest BCUT2D eigenvalue weighted by atomic mass is 9.99. The van der Waals surface area contributed by atoms with E-state index in [2.05, 4.69) is 59.6 Å². The molecule has 1 fully saturated rings. The Morgan fingerprint density at radius 2 is 1.97 bits per heavy atom. The van der Waals surface area contributed by atoms with Gasteiger partial charge in [-0.1, -0.05) is 37.8 Å². The number of aryl methyl sites for hydroxylation is 1. The Kier molecular flexibility index (Phi) is 7.34. The molecule has 0 saturated carbocycles. The molecule has 32 heavy (non-hydrogen) atoms. The van der Waals surface area contributed by atoms with Gasteiger partial charge in [-0.15, -0.1) is 12.4 Å². The number of carbonyl (C=O) groups excluding carboxylic acids is 2. The van der Waals surface area contributed by atoms with Gasteiger partial charge in [0.05, 0.1) is 5.36 Å². The van der Waals surface area contributed by atoms with Crippen molar-refractivity contribution in [2.24, 2.45) is 4.99 Å². The summed E-state index contributed by atoms with van der Waals surface area (Å²) in [6, 6.07) is 13.0. The van der Waals surface area contributed by atoms with Crippen LogP contribution in [-0.4, -0.2) is 38.0 Å². The van der Waals surface area contributed by atoms with Gasteiger partial charge in [0.1, 0.15) is 11.5 Å². The van der Waals surface area contributed by atoms with E-state index in [1.165, 1.54) is 5.69 Å². The summed E-state index contributed by atoms with van der Waals surface area (Å²) in [5, 5.41) is 1.51. The summed E-state index contributed by atoms with van der Waals surface area (Å²) in [7, 11) is 2.16. The number of para-hydroxylation sites is 1. The van der Waals surface area contributed by atoms with Crippen LogP contribution in [0.15, 0.2) is 53.5 Å². The predicted octanol–water partition coefficient (Wildman–Crippen LogP) is 3.12. The van der Waals surface area contributed by atoms with Crippen molar-refractivity contribution in [1.29, 1.82) is 0 Å². The molecule has 1 amide bonds. The molecule has 0 unspecified atom stereocenters. The molecule has 0 bridgehead atoms. The first-order chi connectivity index (χ1) is 15.0. The monoisotopic (exact) mass is 449 g/mol. The highest BCUT2D eigenvalue weighted by Crippen LogP contribution is 2.28. The van der Waals surface area contributed by atoms with Crippen LogP contribution in [0.2, 0.25) is 0 Å². The first kappa shape index (κ1) is 23.5. The first-order valence-corrected chi connectivity index (χ1v) is 10.8. The Hall–Kier alpha value is -3.14. The summed E-state index contributed by atoms with van der Waals surface area (Å²) in [4.78, 5) is 32.0. The Bertz CT molecular complexity index is 1210. The number of anilines is 2. The third kappa shape index (κ3) is 4.40.